The van der Waals surface area contributed by atoms with Crippen molar-refractivity contribution < 1.29 is 4.43 Å². The molecule has 0 aliphatic heterocycles. The zero-order valence-corrected chi connectivity index (χ0v) is 22.3. The summed E-state index contributed by atoms with van der Waals surface area (Å²) in [4.78, 5) is 0. The van der Waals surface area contributed by atoms with Gasteiger partial charge in [-0.25, -0.2) is 0 Å². The molecule has 0 spiro atoms. The van der Waals surface area contributed by atoms with Gasteiger partial charge < -0.3 is 4.43 Å². The number of halogens is 2. The van der Waals surface area contributed by atoms with Gasteiger partial charge in [0.15, 0.2) is 8.32 Å². The maximum Gasteiger partial charge on any atom is 0.192 e. The average molecular weight is 486 g/mol. The van der Waals surface area contributed by atoms with E-state index in [0.717, 1.165) is 22.9 Å². The van der Waals surface area contributed by atoms with E-state index in [1.165, 1.54) is 16.7 Å². The molecule has 0 aliphatic rings. The topological polar surface area (TPSA) is 9.23 Å². The van der Waals surface area contributed by atoms with Crippen LogP contribution in [0.3, 0.4) is 0 Å². The molecule has 3 aromatic rings. The van der Waals surface area contributed by atoms with Crippen LogP contribution in [0.2, 0.25) is 28.2 Å². The highest BCUT2D eigenvalue weighted by Gasteiger charge is 2.39. The first-order valence-corrected chi connectivity index (χ1v) is 15.0. The first-order chi connectivity index (χ1) is 15.1. The summed E-state index contributed by atoms with van der Waals surface area (Å²) in [6, 6.07) is 27.1. The summed E-state index contributed by atoms with van der Waals surface area (Å²) in [5.74, 6) is 0.249. The lowest BCUT2D eigenvalue weighted by Gasteiger charge is -2.40. The van der Waals surface area contributed by atoms with E-state index in [0.29, 0.717) is 0 Å². The largest absolute Gasteiger partial charge is 0.410 e. The minimum atomic E-state index is -1.93. The van der Waals surface area contributed by atoms with Crippen molar-refractivity contribution >= 4 is 31.5 Å². The first-order valence-electron chi connectivity index (χ1n) is 11.3. The maximum absolute atomic E-state index is 6.95. The van der Waals surface area contributed by atoms with E-state index in [9.17, 15) is 0 Å². The van der Waals surface area contributed by atoms with Gasteiger partial charge in [-0.3, -0.25) is 0 Å². The summed E-state index contributed by atoms with van der Waals surface area (Å²) in [6.07, 6.45) is 1.98. The van der Waals surface area contributed by atoms with Crippen LogP contribution in [0.25, 0.3) is 0 Å². The zero-order valence-electron chi connectivity index (χ0n) is 19.7. The predicted octanol–water partition coefficient (Wildman–Crippen LogP) is 9.67. The lowest BCUT2D eigenvalue weighted by Crippen LogP contribution is -2.41. The minimum Gasteiger partial charge on any atom is -0.410 e. The Morgan fingerprint density at radius 1 is 0.688 bits per heavy atom. The van der Waals surface area contributed by atoms with Crippen molar-refractivity contribution in [2.45, 2.75) is 63.8 Å². The summed E-state index contributed by atoms with van der Waals surface area (Å²) < 4.78 is 6.95. The second kappa shape index (κ2) is 10.6. The van der Waals surface area contributed by atoms with Gasteiger partial charge in [0.05, 0.1) is 6.10 Å². The third-order valence-corrected chi connectivity index (χ3v) is 11.7. The molecule has 1 atom stereocenters. The molecular weight excluding hydrogens is 451 g/mol. The normalized spacial score (nSPS) is 13.4. The van der Waals surface area contributed by atoms with Crippen molar-refractivity contribution in [1.82, 2.24) is 0 Å². The second-order valence-corrected chi connectivity index (χ2v) is 15.6. The monoisotopic (exact) mass is 484 g/mol. The smallest absolute Gasteiger partial charge is 0.192 e. The standard InChI is InChI=1S/C28H34Cl2OSi/c1-28(2,3)32(4,5)31-27(23-9-7-6-8-10-23)20-19-26(21-11-15-24(29)16-12-21)22-13-17-25(30)18-14-22/h6-18,26-27H,19-20H2,1-5H3. The highest BCUT2D eigenvalue weighted by molar-refractivity contribution is 6.74. The van der Waals surface area contributed by atoms with Gasteiger partial charge in [0, 0.05) is 16.0 Å². The number of hydrogen-bond donors (Lipinski definition) is 0. The van der Waals surface area contributed by atoms with Crippen LogP contribution in [-0.2, 0) is 4.43 Å². The van der Waals surface area contributed by atoms with Crippen LogP contribution in [0.4, 0.5) is 0 Å². The van der Waals surface area contributed by atoms with Crippen LogP contribution in [0.15, 0.2) is 78.9 Å². The Bertz CT molecular complexity index is 931. The molecule has 0 radical (unpaired) electrons. The van der Waals surface area contributed by atoms with Crippen LogP contribution < -0.4 is 0 Å². The summed E-state index contributed by atoms with van der Waals surface area (Å²) in [7, 11) is -1.93. The van der Waals surface area contributed by atoms with E-state index in [1.807, 2.05) is 24.3 Å². The van der Waals surface area contributed by atoms with Gasteiger partial charge in [0.25, 0.3) is 0 Å². The van der Waals surface area contributed by atoms with Crippen molar-refractivity contribution in [1.29, 1.82) is 0 Å². The number of hydrogen-bond acceptors (Lipinski definition) is 1. The molecule has 3 aromatic carbocycles. The Kier molecular flexibility index (Phi) is 8.27. The van der Waals surface area contributed by atoms with Gasteiger partial charge in [-0.15, -0.1) is 0 Å². The van der Waals surface area contributed by atoms with Crippen LogP contribution in [-0.4, -0.2) is 8.32 Å². The fourth-order valence-corrected chi connectivity index (χ4v) is 5.30. The van der Waals surface area contributed by atoms with Gasteiger partial charge >= 0.3 is 0 Å². The molecule has 0 heterocycles. The Hall–Kier alpha value is -1.58. The van der Waals surface area contributed by atoms with E-state index in [-0.39, 0.29) is 17.1 Å². The minimum absolute atomic E-state index is 0.0687. The molecule has 32 heavy (non-hydrogen) atoms. The third-order valence-electron chi connectivity index (χ3n) is 6.68. The maximum atomic E-state index is 6.95. The molecule has 0 saturated carbocycles. The summed E-state index contributed by atoms with van der Waals surface area (Å²) in [5.41, 5.74) is 3.77. The molecule has 3 rings (SSSR count). The lowest BCUT2D eigenvalue weighted by atomic mass is 9.86. The molecule has 1 nitrogen and oxygen atoms in total. The highest BCUT2D eigenvalue weighted by atomic mass is 35.5. The summed E-state index contributed by atoms with van der Waals surface area (Å²) in [5, 5.41) is 1.67. The Balaban J connectivity index is 1.90. The van der Waals surface area contributed by atoms with Crippen LogP contribution in [0.5, 0.6) is 0 Å². The number of benzene rings is 3. The lowest BCUT2D eigenvalue weighted by molar-refractivity contribution is 0.169. The van der Waals surface area contributed by atoms with Crippen LogP contribution in [0.1, 0.15) is 62.3 Å². The van der Waals surface area contributed by atoms with Gasteiger partial charge in [-0.2, -0.15) is 0 Å². The van der Waals surface area contributed by atoms with E-state index >= 15 is 0 Å². The first kappa shape index (κ1) is 25.0. The zero-order chi connectivity index (χ0) is 23.4. The quantitative estimate of drug-likeness (QED) is 0.289. The average Bonchev–Trinajstić information content (AvgIpc) is 2.75. The fraction of sp³-hybridized carbons (Fsp3) is 0.357. The third kappa shape index (κ3) is 6.48. The van der Waals surface area contributed by atoms with Gasteiger partial charge in [-0.05, 0) is 71.9 Å². The van der Waals surface area contributed by atoms with Crippen molar-refractivity contribution in [3.63, 3.8) is 0 Å². The van der Waals surface area contributed by atoms with Crippen molar-refractivity contribution in [2.75, 3.05) is 0 Å². The SMILES string of the molecule is CC(C)(C)[Si](C)(C)OC(CCC(c1ccc(Cl)cc1)c1ccc(Cl)cc1)c1ccccc1. The molecule has 1 unspecified atom stereocenters. The fourth-order valence-electron chi connectivity index (χ4n) is 3.73. The van der Waals surface area contributed by atoms with Crippen LogP contribution >= 0.6 is 23.2 Å². The molecule has 0 fully saturated rings. The van der Waals surface area contributed by atoms with E-state index in [2.05, 4.69) is 88.5 Å². The molecule has 4 heteroatoms. The highest BCUT2D eigenvalue weighted by Crippen LogP contribution is 2.42. The van der Waals surface area contributed by atoms with Crippen molar-refractivity contribution in [3.8, 4) is 0 Å². The van der Waals surface area contributed by atoms with Gasteiger partial charge in [0.1, 0.15) is 0 Å². The van der Waals surface area contributed by atoms with Crippen molar-refractivity contribution in [3.05, 3.63) is 106 Å². The van der Waals surface area contributed by atoms with Gasteiger partial charge in [-0.1, -0.05) is 98.6 Å². The molecule has 0 amide bonds. The van der Waals surface area contributed by atoms with Crippen LogP contribution in [0, 0.1) is 0 Å². The number of rotatable bonds is 8. The molecule has 170 valence electrons. The van der Waals surface area contributed by atoms with E-state index in [4.69, 9.17) is 27.6 Å². The summed E-state index contributed by atoms with van der Waals surface area (Å²) in [6.45, 7) is 11.6. The Morgan fingerprint density at radius 2 is 1.16 bits per heavy atom. The summed E-state index contributed by atoms with van der Waals surface area (Å²) >= 11 is 12.3. The predicted molar refractivity (Wildman–Crippen MR) is 141 cm³/mol. The van der Waals surface area contributed by atoms with Crippen molar-refractivity contribution in [2.24, 2.45) is 0 Å². The molecule has 0 aliphatic carbocycles. The molecular formula is C28H34Cl2OSi. The van der Waals surface area contributed by atoms with E-state index in [1.54, 1.807) is 0 Å². The molecule has 0 bridgehead atoms. The van der Waals surface area contributed by atoms with Gasteiger partial charge in [0.2, 0.25) is 0 Å². The molecule has 0 saturated heterocycles. The van der Waals surface area contributed by atoms with E-state index < -0.39 is 8.32 Å². The molecule has 0 aromatic heterocycles. The Labute approximate surface area is 204 Å². The Morgan fingerprint density at radius 3 is 1.59 bits per heavy atom. The second-order valence-electron chi connectivity index (χ2n) is 10.0. The molecule has 0 N–H and O–H groups in total.